The summed E-state index contributed by atoms with van der Waals surface area (Å²) in [4.78, 5) is 0. The highest BCUT2D eigenvalue weighted by atomic mass is 16.5. The average Bonchev–Trinajstić information content (AvgIpc) is 2.50. The molecule has 0 saturated heterocycles. The summed E-state index contributed by atoms with van der Waals surface area (Å²) < 4.78 is 5.16. The van der Waals surface area contributed by atoms with E-state index in [-0.39, 0.29) is 6.10 Å². The van der Waals surface area contributed by atoms with Gasteiger partial charge < -0.3 is 4.74 Å². The maximum atomic E-state index is 5.16. The van der Waals surface area contributed by atoms with Crippen LogP contribution in [0.3, 0.4) is 0 Å². The van der Waals surface area contributed by atoms with Crippen molar-refractivity contribution in [3.63, 3.8) is 0 Å². The molecular formula is C21H43O. The van der Waals surface area contributed by atoms with E-state index in [9.17, 15) is 0 Å². The second-order valence-corrected chi connectivity index (χ2v) is 7.43. The summed E-state index contributed by atoms with van der Waals surface area (Å²) in [6, 6.07) is 0. The Kier molecular flexibility index (Phi) is 17.3. The molecule has 0 aliphatic rings. The lowest BCUT2D eigenvalue weighted by Crippen LogP contribution is -2.04. The fourth-order valence-electron chi connectivity index (χ4n) is 2.99. The lowest BCUT2D eigenvalue weighted by molar-refractivity contribution is 0.128. The van der Waals surface area contributed by atoms with E-state index in [2.05, 4.69) is 20.8 Å². The van der Waals surface area contributed by atoms with Gasteiger partial charge in [0.15, 0.2) is 0 Å². The molecule has 0 fully saturated rings. The highest BCUT2D eigenvalue weighted by Crippen LogP contribution is 2.14. The van der Waals surface area contributed by atoms with Gasteiger partial charge in [-0.1, -0.05) is 104 Å². The van der Waals surface area contributed by atoms with Crippen LogP contribution in [0.25, 0.3) is 0 Å². The van der Waals surface area contributed by atoms with Crippen molar-refractivity contribution in [2.24, 2.45) is 5.92 Å². The Balaban J connectivity index is 3.00. The lowest BCUT2D eigenvalue weighted by Gasteiger charge is -2.08. The van der Waals surface area contributed by atoms with E-state index in [1.54, 1.807) is 7.11 Å². The Morgan fingerprint density at radius 3 is 1.23 bits per heavy atom. The highest BCUT2D eigenvalue weighted by molar-refractivity contribution is 4.59. The number of methoxy groups -OCH3 is 1. The molecule has 0 aromatic heterocycles. The van der Waals surface area contributed by atoms with Gasteiger partial charge in [-0.25, -0.2) is 0 Å². The van der Waals surface area contributed by atoms with Gasteiger partial charge in [-0.15, -0.1) is 0 Å². The average molecular weight is 312 g/mol. The highest BCUT2D eigenvalue weighted by Gasteiger charge is 1.99. The quantitative estimate of drug-likeness (QED) is 0.255. The van der Waals surface area contributed by atoms with Crippen LogP contribution >= 0.6 is 0 Å². The van der Waals surface area contributed by atoms with Crippen LogP contribution in [-0.4, -0.2) is 13.2 Å². The van der Waals surface area contributed by atoms with Crippen molar-refractivity contribution < 1.29 is 4.74 Å². The number of hydrogen-bond acceptors (Lipinski definition) is 1. The third-order valence-corrected chi connectivity index (χ3v) is 4.64. The largest absolute Gasteiger partial charge is 0.381 e. The molecule has 1 radical (unpaired) electrons. The molecule has 0 spiro atoms. The minimum absolute atomic E-state index is 0.199. The van der Waals surface area contributed by atoms with Crippen molar-refractivity contribution in [1.82, 2.24) is 0 Å². The van der Waals surface area contributed by atoms with Gasteiger partial charge in [-0.2, -0.15) is 0 Å². The van der Waals surface area contributed by atoms with Gasteiger partial charge in [0.05, 0.1) is 6.10 Å². The van der Waals surface area contributed by atoms with E-state index in [0.29, 0.717) is 0 Å². The Morgan fingerprint density at radius 1 is 0.591 bits per heavy atom. The molecule has 0 aromatic carbocycles. The minimum atomic E-state index is 0.199. The Hall–Kier alpha value is -0.0400. The number of ether oxygens (including phenoxy) is 1. The third kappa shape index (κ3) is 18.0. The molecule has 0 saturated carbocycles. The van der Waals surface area contributed by atoms with Crippen molar-refractivity contribution in [3.05, 3.63) is 6.92 Å². The maximum absolute atomic E-state index is 5.16. The lowest BCUT2D eigenvalue weighted by atomic mass is 10.0. The van der Waals surface area contributed by atoms with Crippen LogP contribution in [0.15, 0.2) is 0 Å². The summed E-state index contributed by atoms with van der Waals surface area (Å²) in [5.41, 5.74) is 0. The Bertz CT molecular complexity index is 200. The Morgan fingerprint density at radius 2 is 0.909 bits per heavy atom. The van der Waals surface area contributed by atoms with Gasteiger partial charge in [-0.05, 0) is 19.3 Å². The molecule has 0 bridgehead atoms. The van der Waals surface area contributed by atoms with Gasteiger partial charge >= 0.3 is 0 Å². The predicted molar refractivity (Wildman–Crippen MR) is 100 cm³/mol. The van der Waals surface area contributed by atoms with Crippen molar-refractivity contribution >= 4 is 0 Å². The summed E-state index contributed by atoms with van der Waals surface area (Å²) in [5, 5.41) is 0. The molecule has 133 valence electrons. The smallest absolute Gasteiger partial charge is 0.0572 e. The molecule has 0 aromatic rings. The zero-order chi connectivity index (χ0) is 16.5. The zero-order valence-electron chi connectivity index (χ0n) is 15.9. The zero-order valence-corrected chi connectivity index (χ0v) is 15.9. The van der Waals surface area contributed by atoms with Gasteiger partial charge in [0.1, 0.15) is 0 Å². The van der Waals surface area contributed by atoms with Crippen LogP contribution in [-0.2, 0) is 4.74 Å². The summed E-state index contributed by atoms with van der Waals surface area (Å²) >= 11 is 0. The fourth-order valence-corrected chi connectivity index (χ4v) is 2.99. The van der Waals surface area contributed by atoms with E-state index in [0.717, 1.165) is 12.3 Å². The van der Waals surface area contributed by atoms with Crippen LogP contribution < -0.4 is 0 Å². The van der Waals surface area contributed by atoms with E-state index < -0.39 is 0 Å². The van der Waals surface area contributed by atoms with E-state index >= 15 is 0 Å². The van der Waals surface area contributed by atoms with Crippen molar-refractivity contribution in [3.8, 4) is 0 Å². The molecule has 0 N–H and O–H groups in total. The summed E-state index contributed by atoms with van der Waals surface area (Å²) in [6.45, 7) is 8.60. The molecule has 0 rings (SSSR count). The van der Waals surface area contributed by atoms with Gasteiger partial charge in [-0.3, -0.25) is 0 Å². The van der Waals surface area contributed by atoms with E-state index in [4.69, 9.17) is 4.74 Å². The van der Waals surface area contributed by atoms with Gasteiger partial charge in [0.25, 0.3) is 0 Å². The molecule has 1 atom stereocenters. The molecule has 22 heavy (non-hydrogen) atoms. The van der Waals surface area contributed by atoms with Crippen LogP contribution in [0.1, 0.15) is 110 Å². The third-order valence-electron chi connectivity index (χ3n) is 4.64. The van der Waals surface area contributed by atoms with Gasteiger partial charge in [0.2, 0.25) is 0 Å². The topological polar surface area (TPSA) is 9.23 Å². The molecule has 0 aliphatic heterocycles. The second kappa shape index (κ2) is 17.3. The van der Waals surface area contributed by atoms with Crippen LogP contribution in [0.5, 0.6) is 0 Å². The van der Waals surface area contributed by atoms with Crippen molar-refractivity contribution in [2.45, 2.75) is 116 Å². The van der Waals surface area contributed by atoms with Crippen LogP contribution in [0.2, 0.25) is 0 Å². The van der Waals surface area contributed by atoms with Gasteiger partial charge in [0, 0.05) is 7.11 Å². The maximum Gasteiger partial charge on any atom is 0.0572 e. The Labute approximate surface area is 141 Å². The number of rotatable bonds is 17. The summed E-state index contributed by atoms with van der Waals surface area (Å²) in [6.07, 6.45) is 21.3. The molecule has 0 aliphatic carbocycles. The first-order valence-corrected chi connectivity index (χ1v) is 10.0. The summed E-state index contributed by atoms with van der Waals surface area (Å²) in [7, 11) is 1.75. The van der Waals surface area contributed by atoms with Crippen LogP contribution in [0, 0.1) is 12.8 Å². The SMILES string of the molecule is [CH2]C(CCCCCCCCCCCCCCCC(C)C)OC. The van der Waals surface area contributed by atoms with Crippen molar-refractivity contribution in [2.75, 3.05) is 7.11 Å². The van der Waals surface area contributed by atoms with Crippen LogP contribution in [0.4, 0.5) is 0 Å². The van der Waals surface area contributed by atoms with Crippen molar-refractivity contribution in [1.29, 1.82) is 0 Å². The van der Waals surface area contributed by atoms with E-state index in [1.807, 2.05) is 0 Å². The number of hydrogen-bond donors (Lipinski definition) is 0. The molecule has 0 amide bonds. The summed E-state index contributed by atoms with van der Waals surface area (Å²) in [5.74, 6) is 0.889. The molecule has 1 heteroatoms. The second-order valence-electron chi connectivity index (χ2n) is 7.43. The minimum Gasteiger partial charge on any atom is -0.381 e. The molecular weight excluding hydrogens is 268 g/mol. The first kappa shape index (κ1) is 22.0. The first-order valence-electron chi connectivity index (χ1n) is 10.0. The number of unbranched alkanes of at least 4 members (excludes halogenated alkanes) is 12. The first-order chi connectivity index (χ1) is 10.7. The standard InChI is InChI=1S/C21H43O/c1-20(2)18-16-14-12-10-8-6-5-7-9-11-13-15-17-19-21(3)22-4/h20-21H,3,5-19H2,1-2,4H3. The van der Waals surface area contributed by atoms with E-state index in [1.165, 1.54) is 89.9 Å². The predicted octanol–water partition coefficient (Wildman–Crippen LogP) is 7.34. The molecule has 1 unspecified atom stereocenters. The molecule has 1 nitrogen and oxygen atoms in total. The molecule has 0 heterocycles. The fraction of sp³-hybridized carbons (Fsp3) is 0.952. The monoisotopic (exact) mass is 311 g/mol. The normalized spacial score (nSPS) is 13.0.